The van der Waals surface area contributed by atoms with Crippen LogP contribution in [0.3, 0.4) is 0 Å². The van der Waals surface area contributed by atoms with Crippen LogP contribution in [0.5, 0.6) is 5.75 Å². The van der Waals surface area contributed by atoms with Gasteiger partial charge >= 0.3 is 5.97 Å². The van der Waals surface area contributed by atoms with Crippen molar-refractivity contribution in [3.05, 3.63) is 53.6 Å². The summed E-state index contributed by atoms with van der Waals surface area (Å²) in [5.74, 6) is -2.19. The number of hydrogen-bond acceptors (Lipinski definition) is 6. The Morgan fingerprint density at radius 2 is 1.92 bits per heavy atom. The third-order valence-electron chi connectivity index (χ3n) is 6.76. The highest BCUT2D eigenvalue weighted by Gasteiger charge is 2.39. The number of carbonyl (C=O) groups is 5. The number of carbonyl (C=O) groups excluding carboxylic acids is 4. The monoisotopic (exact) mass is 539 g/mol. The molecule has 3 rings (SSSR count). The summed E-state index contributed by atoms with van der Waals surface area (Å²) in [7, 11) is 0. The van der Waals surface area contributed by atoms with E-state index in [9.17, 15) is 24.0 Å². The molecule has 3 atom stereocenters. The minimum atomic E-state index is -1.22. The van der Waals surface area contributed by atoms with Gasteiger partial charge in [0.05, 0.1) is 18.9 Å². The van der Waals surface area contributed by atoms with Gasteiger partial charge in [-0.3, -0.25) is 19.2 Å². The fourth-order valence-corrected chi connectivity index (χ4v) is 4.72. The Morgan fingerprint density at radius 3 is 2.59 bits per heavy atom. The first-order chi connectivity index (χ1) is 18.7. The second kappa shape index (κ2) is 14.3. The maximum Gasteiger partial charge on any atom is 0.305 e. The number of rotatable bonds is 13. The van der Waals surface area contributed by atoms with E-state index in [0.29, 0.717) is 43.6 Å². The third kappa shape index (κ3) is 8.53. The summed E-state index contributed by atoms with van der Waals surface area (Å²) in [6.07, 6.45) is 9.06. The highest BCUT2D eigenvalue weighted by Crippen LogP contribution is 2.23. The predicted octanol–water partition coefficient (Wildman–Crippen LogP) is 2.17. The van der Waals surface area contributed by atoms with Crippen LogP contribution in [-0.4, -0.2) is 71.3 Å². The Labute approximate surface area is 228 Å². The average molecular weight is 540 g/mol. The second-order valence-electron chi connectivity index (χ2n) is 10.2. The molecule has 0 radical (unpaired) electrons. The lowest BCUT2D eigenvalue weighted by Crippen LogP contribution is -2.56. The van der Waals surface area contributed by atoms with Crippen molar-refractivity contribution in [2.75, 3.05) is 13.2 Å². The number of para-hydroxylation sites is 1. The molecule has 2 aliphatic rings. The summed E-state index contributed by atoms with van der Waals surface area (Å²) in [6, 6.07) is 4.40. The van der Waals surface area contributed by atoms with Crippen molar-refractivity contribution in [1.29, 1.82) is 0 Å². The summed E-state index contributed by atoms with van der Waals surface area (Å²) < 4.78 is 5.98. The van der Waals surface area contributed by atoms with Gasteiger partial charge in [0.15, 0.2) is 0 Å². The van der Waals surface area contributed by atoms with Gasteiger partial charge in [0.2, 0.25) is 17.7 Å². The molecular weight excluding hydrogens is 502 g/mol. The van der Waals surface area contributed by atoms with E-state index in [1.54, 1.807) is 0 Å². The van der Waals surface area contributed by atoms with E-state index in [0.717, 1.165) is 18.4 Å². The third-order valence-corrected chi connectivity index (χ3v) is 6.76. The number of aldehydes is 1. The van der Waals surface area contributed by atoms with Crippen molar-refractivity contribution in [2.24, 2.45) is 5.92 Å². The Hall–Kier alpha value is -3.95. The summed E-state index contributed by atoms with van der Waals surface area (Å²) in [6.45, 7) is 4.34. The molecule has 3 N–H and O–H groups in total. The smallest absolute Gasteiger partial charge is 0.305 e. The first-order valence-corrected chi connectivity index (χ1v) is 13.3. The van der Waals surface area contributed by atoms with Crippen LogP contribution >= 0.6 is 0 Å². The van der Waals surface area contributed by atoms with E-state index < -0.39 is 42.3 Å². The number of aliphatic carboxylic acids is 1. The maximum atomic E-state index is 13.5. The molecule has 10 nitrogen and oxygen atoms in total. The molecule has 210 valence electrons. The van der Waals surface area contributed by atoms with Crippen LogP contribution in [0.2, 0.25) is 0 Å². The van der Waals surface area contributed by atoms with Crippen LogP contribution in [0.15, 0.2) is 48.1 Å². The molecule has 0 aromatic heterocycles. The summed E-state index contributed by atoms with van der Waals surface area (Å²) >= 11 is 0. The molecular formula is C29H37N3O7. The first-order valence-electron chi connectivity index (χ1n) is 13.3. The number of carboxylic acid groups (broad SMARTS) is 1. The van der Waals surface area contributed by atoms with Gasteiger partial charge in [0.25, 0.3) is 0 Å². The van der Waals surface area contributed by atoms with Crippen LogP contribution < -0.4 is 15.4 Å². The first kappa shape index (κ1) is 29.6. The maximum absolute atomic E-state index is 13.5. The Bertz CT molecular complexity index is 1130. The normalized spacial score (nSPS) is 18.2. The van der Waals surface area contributed by atoms with Crippen LogP contribution in [-0.2, 0) is 30.4 Å². The van der Waals surface area contributed by atoms with Crippen LogP contribution in [0.1, 0.15) is 51.5 Å². The summed E-state index contributed by atoms with van der Waals surface area (Å²) in [5.41, 5.74) is 1.78. The molecule has 1 heterocycles. The zero-order chi connectivity index (χ0) is 28.4. The van der Waals surface area contributed by atoms with Gasteiger partial charge in [-0.1, -0.05) is 50.3 Å². The lowest BCUT2D eigenvalue weighted by Gasteiger charge is -2.31. The molecule has 1 saturated heterocycles. The number of nitrogens with zero attached hydrogens (tertiary/aromatic N) is 1. The molecule has 39 heavy (non-hydrogen) atoms. The molecule has 1 fully saturated rings. The lowest BCUT2D eigenvalue weighted by molar-refractivity contribution is -0.143. The molecule has 1 aliphatic carbocycles. The minimum Gasteiger partial charge on any atom is -0.489 e. The fourth-order valence-electron chi connectivity index (χ4n) is 4.72. The average Bonchev–Trinajstić information content (AvgIpc) is 3.41. The number of amides is 3. The second-order valence-corrected chi connectivity index (χ2v) is 10.2. The van der Waals surface area contributed by atoms with Gasteiger partial charge in [-0.25, -0.2) is 0 Å². The van der Waals surface area contributed by atoms with Crippen LogP contribution in [0.4, 0.5) is 0 Å². The van der Waals surface area contributed by atoms with Crippen LogP contribution in [0, 0.1) is 5.92 Å². The van der Waals surface area contributed by atoms with Gasteiger partial charge in [-0.05, 0) is 43.2 Å². The van der Waals surface area contributed by atoms with Crippen molar-refractivity contribution >= 4 is 30.0 Å². The zero-order valence-corrected chi connectivity index (χ0v) is 22.4. The van der Waals surface area contributed by atoms with Crippen molar-refractivity contribution in [3.63, 3.8) is 0 Å². The summed E-state index contributed by atoms with van der Waals surface area (Å²) in [4.78, 5) is 62.9. The van der Waals surface area contributed by atoms with Gasteiger partial charge < -0.3 is 30.2 Å². The summed E-state index contributed by atoms with van der Waals surface area (Å²) in [5, 5.41) is 14.2. The quantitative estimate of drug-likeness (QED) is 0.326. The molecule has 10 heteroatoms. The molecule has 0 saturated carbocycles. The van der Waals surface area contributed by atoms with Gasteiger partial charge in [-0.2, -0.15) is 0 Å². The van der Waals surface area contributed by atoms with Crippen molar-refractivity contribution < 1.29 is 33.8 Å². The van der Waals surface area contributed by atoms with Crippen LogP contribution in [0.25, 0.3) is 0 Å². The zero-order valence-electron chi connectivity index (χ0n) is 22.4. The Morgan fingerprint density at radius 1 is 1.15 bits per heavy atom. The number of likely N-dealkylation sites (tertiary alicyclic amines) is 1. The molecule has 1 aromatic carbocycles. The number of nitrogens with one attached hydrogen (secondary N) is 2. The van der Waals surface area contributed by atoms with Gasteiger partial charge in [-0.15, -0.1) is 0 Å². The Kier molecular flexibility index (Phi) is 10.8. The standard InChI is InChI=1S/C29H37N3O7/c1-19(2)27(29(38)32-14-8-12-23(32)28(37)30-22(17-33)16-26(35)36)31-25(34)15-21-11-6-7-13-24(21)39-18-20-9-4-3-5-10-20/h4,6-7,9-11,13,17,19,22-23,27H,3,5,8,12,14-16,18H2,1-2H3,(H,30,37)(H,31,34)(H,35,36)/t22-,23-,27-/m0/s1. The van der Waals surface area contributed by atoms with Crippen molar-refractivity contribution in [2.45, 2.75) is 70.5 Å². The number of allylic oxidation sites excluding steroid dienone is 2. The van der Waals surface area contributed by atoms with E-state index in [2.05, 4.69) is 22.8 Å². The number of hydrogen-bond donors (Lipinski definition) is 3. The molecule has 0 unspecified atom stereocenters. The molecule has 0 spiro atoms. The predicted molar refractivity (Wildman–Crippen MR) is 144 cm³/mol. The highest BCUT2D eigenvalue weighted by atomic mass is 16.5. The Balaban J connectivity index is 1.64. The van der Waals surface area contributed by atoms with E-state index in [-0.39, 0.29) is 18.2 Å². The topological polar surface area (TPSA) is 142 Å². The van der Waals surface area contributed by atoms with E-state index in [4.69, 9.17) is 9.84 Å². The van der Waals surface area contributed by atoms with E-state index in [1.165, 1.54) is 4.90 Å². The number of ether oxygens (including phenoxy) is 1. The van der Waals surface area contributed by atoms with E-state index >= 15 is 0 Å². The van der Waals surface area contributed by atoms with E-state index in [1.807, 2.05) is 44.2 Å². The minimum absolute atomic E-state index is 0.0156. The SMILES string of the molecule is CC(C)[C@H](NC(=O)Cc1ccccc1OCC1=CCCC=C1)C(=O)N1CCC[C@H]1C(=O)N[C@H](C=O)CC(=O)O. The highest BCUT2D eigenvalue weighted by molar-refractivity contribution is 5.94. The molecule has 1 aromatic rings. The largest absolute Gasteiger partial charge is 0.489 e. The van der Waals surface area contributed by atoms with Crippen molar-refractivity contribution in [3.8, 4) is 5.75 Å². The number of benzene rings is 1. The van der Waals surface area contributed by atoms with Gasteiger partial charge in [0.1, 0.15) is 30.7 Å². The van der Waals surface area contributed by atoms with Gasteiger partial charge in [0, 0.05) is 12.1 Å². The van der Waals surface area contributed by atoms with Crippen molar-refractivity contribution in [1.82, 2.24) is 15.5 Å². The lowest BCUT2D eigenvalue weighted by atomic mass is 10.0. The molecule has 1 aliphatic heterocycles. The molecule has 3 amide bonds. The fraction of sp³-hybridized carbons (Fsp3) is 0.483. The molecule has 0 bridgehead atoms. The number of carboxylic acids is 1.